The summed E-state index contributed by atoms with van der Waals surface area (Å²) in [5.74, 6) is 0.122. The summed E-state index contributed by atoms with van der Waals surface area (Å²) in [6.07, 6.45) is 6.52. The number of carbonyl (C=O) groups excluding carboxylic acids is 1. The third-order valence-electron chi connectivity index (χ3n) is 2.53. The van der Waals surface area contributed by atoms with E-state index in [0.717, 1.165) is 18.4 Å². The number of hydrogen-bond donors (Lipinski definition) is 2. The van der Waals surface area contributed by atoms with Gasteiger partial charge >= 0.3 is 0 Å². The van der Waals surface area contributed by atoms with Crippen LogP contribution in [0.25, 0.3) is 0 Å². The van der Waals surface area contributed by atoms with Crippen LogP contribution in [0, 0.1) is 0 Å². The van der Waals surface area contributed by atoms with Crippen LogP contribution in [0.3, 0.4) is 0 Å². The Morgan fingerprint density at radius 3 is 3.00 bits per heavy atom. The molecule has 1 aliphatic carbocycles. The molecule has 1 aliphatic rings. The van der Waals surface area contributed by atoms with Crippen molar-refractivity contribution < 1.29 is 9.90 Å². The Morgan fingerprint density at radius 1 is 1.60 bits per heavy atom. The summed E-state index contributed by atoms with van der Waals surface area (Å²) in [4.78, 5) is 11.4. The molecule has 1 amide bonds. The zero-order chi connectivity index (χ0) is 10.7. The number of rotatable bonds is 5. The first kappa shape index (κ1) is 10.2. The first-order valence-electron chi connectivity index (χ1n) is 5.33. The molecule has 0 aromatic carbocycles. The molecule has 0 saturated heterocycles. The summed E-state index contributed by atoms with van der Waals surface area (Å²) in [7, 11) is 0. The number of hydrogen-bond acceptors (Lipinski definition) is 2. The third kappa shape index (κ3) is 3.09. The SMILES string of the molecule is O=C(CCn1ccc(CO)c1)NC1CC1. The second-order valence-corrected chi connectivity index (χ2v) is 4.01. The second kappa shape index (κ2) is 4.49. The smallest absolute Gasteiger partial charge is 0.222 e. The highest BCUT2D eigenvalue weighted by atomic mass is 16.3. The van der Waals surface area contributed by atoms with Crippen LogP contribution in [0.15, 0.2) is 18.5 Å². The maximum atomic E-state index is 11.4. The number of carbonyl (C=O) groups is 1. The highest BCUT2D eigenvalue weighted by molar-refractivity contribution is 5.76. The predicted molar refractivity (Wildman–Crippen MR) is 56.1 cm³/mol. The molecule has 4 nitrogen and oxygen atoms in total. The van der Waals surface area contributed by atoms with E-state index in [2.05, 4.69) is 5.32 Å². The molecule has 1 fully saturated rings. The summed E-state index contributed by atoms with van der Waals surface area (Å²) in [5, 5.41) is 11.8. The van der Waals surface area contributed by atoms with Gasteiger partial charge in [-0.3, -0.25) is 4.79 Å². The van der Waals surface area contributed by atoms with Gasteiger partial charge in [-0.15, -0.1) is 0 Å². The normalized spacial score (nSPS) is 15.3. The molecule has 1 heterocycles. The largest absolute Gasteiger partial charge is 0.392 e. The van der Waals surface area contributed by atoms with Gasteiger partial charge in [-0.2, -0.15) is 0 Å². The van der Waals surface area contributed by atoms with E-state index in [9.17, 15) is 4.79 Å². The predicted octanol–water partition coefficient (Wildman–Crippen LogP) is 0.649. The number of aromatic nitrogens is 1. The van der Waals surface area contributed by atoms with Gasteiger partial charge in [-0.05, 0) is 24.5 Å². The van der Waals surface area contributed by atoms with Gasteiger partial charge in [-0.1, -0.05) is 0 Å². The minimum atomic E-state index is 0.0568. The number of aliphatic hydroxyl groups excluding tert-OH is 1. The van der Waals surface area contributed by atoms with E-state index < -0.39 is 0 Å². The number of nitrogens with zero attached hydrogens (tertiary/aromatic N) is 1. The lowest BCUT2D eigenvalue weighted by Crippen LogP contribution is -2.26. The lowest BCUT2D eigenvalue weighted by atomic mass is 10.4. The van der Waals surface area contributed by atoms with Crippen molar-refractivity contribution in [2.45, 2.75) is 38.5 Å². The van der Waals surface area contributed by atoms with Crippen molar-refractivity contribution in [2.24, 2.45) is 0 Å². The van der Waals surface area contributed by atoms with E-state index in [1.807, 2.05) is 23.0 Å². The van der Waals surface area contributed by atoms with Crippen LogP contribution in [-0.4, -0.2) is 21.6 Å². The highest BCUT2D eigenvalue weighted by Crippen LogP contribution is 2.18. The Labute approximate surface area is 88.9 Å². The Hall–Kier alpha value is -1.29. The fourth-order valence-corrected chi connectivity index (χ4v) is 1.48. The maximum Gasteiger partial charge on any atom is 0.222 e. The van der Waals surface area contributed by atoms with E-state index >= 15 is 0 Å². The number of nitrogens with one attached hydrogen (secondary N) is 1. The van der Waals surface area contributed by atoms with Crippen molar-refractivity contribution in [2.75, 3.05) is 0 Å². The van der Waals surface area contributed by atoms with Crippen molar-refractivity contribution in [1.29, 1.82) is 0 Å². The Balaban J connectivity index is 1.73. The van der Waals surface area contributed by atoms with Gasteiger partial charge in [0.05, 0.1) is 6.61 Å². The molecule has 1 saturated carbocycles. The minimum Gasteiger partial charge on any atom is -0.392 e. The molecule has 4 heteroatoms. The maximum absolute atomic E-state index is 11.4. The summed E-state index contributed by atoms with van der Waals surface area (Å²) in [5.41, 5.74) is 0.887. The molecule has 82 valence electrons. The van der Waals surface area contributed by atoms with Gasteiger partial charge in [0.1, 0.15) is 0 Å². The standard InChI is InChI=1S/C11H16N2O2/c14-8-9-3-5-13(7-9)6-4-11(15)12-10-1-2-10/h3,5,7,10,14H,1-2,4,6,8H2,(H,12,15). The van der Waals surface area contributed by atoms with Crippen molar-refractivity contribution in [3.8, 4) is 0 Å². The average molecular weight is 208 g/mol. The van der Waals surface area contributed by atoms with Gasteiger partial charge in [0.2, 0.25) is 5.91 Å². The zero-order valence-corrected chi connectivity index (χ0v) is 8.65. The molecular formula is C11H16N2O2. The fraction of sp³-hybridized carbons (Fsp3) is 0.545. The topological polar surface area (TPSA) is 54.3 Å². The van der Waals surface area contributed by atoms with E-state index in [4.69, 9.17) is 5.11 Å². The first-order chi connectivity index (χ1) is 7.28. The van der Waals surface area contributed by atoms with Crippen LogP contribution in [-0.2, 0) is 17.9 Å². The number of aryl methyl sites for hydroxylation is 1. The molecule has 0 aliphatic heterocycles. The molecule has 0 unspecified atom stereocenters. The first-order valence-corrected chi connectivity index (χ1v) is 5.33. The zero-order valence-electron chi connectivity index (χ0n) is 8.65. The van der Waals surface area contributed by atoms with Gasteiger partial charge < -0.3 is 15.0 Å². The van der Waals surface area contributed by atoms with Crippen LogP contribution < -0.4 is 5.32 Å². The fourth-order valence-electron chi connectivity index (χ4n) is 1.48. The number of aliphatic hydroxyl groups is 1. The third-order valence-corrected chi connectivity index (χ3v) is 2.53. The summed E-state index contributed by atoms with van der Waals surface area (Å²) < 4.78 is 1.93. The molecule has 1 aromatic heterocycles. The van der Waals surface area contributed by atoms with Crippen molar-refractivity contribution in [3.05, 3.63) is 24.0 Å². The van der Waals surface area contributed by atoms with Crippen LogP contribution in [0.1, 0.15) is 24.8 Å². The Kier molecular flexibility index (Phi) is 3.06. The van der Waals surface area contributed by atoms with Gasteiger partial charge in [0.25, 0.3) is 0 Å². The Bertz CT molecular complexity index is 342. The van der Waals surface area contributed by atoms with Gasteiger partial charge in [-0.25, -0.2) is 0 Å². The van der Waals surface area contributed by atoms with Crippen LogP contribution in [0.4, 0.5) is 0 Å². The lowest BCUT2D eigenvalue weighted by molar-refractivity contribution is -0.121. The molecular weight excluding hydrogens is 192 g/mol. The quantitative estimate of drug-likeness (QED) is 0.746. The molecule has 15 heavy (non-hydrogen) atoms. The molecule has 0 spiro atoms. The van der Waals surface area contributed by atoms with Crippen molar-refractivity contribution in [3.63, 3.8) is 0 Å². The summed E-state index contributed by atoms with van der Waals surface area (Å²) >= 11 is 0. The molecule has 0 bridgehead atoms. The van der Waals surface area contributed by atoms with Crippen molar-refractivity contribution >= 4 is 5.91 Å². The highest BCUT2D eigenvalue weighted by Gasteiger charge is 2.22. The molecule has 0 atom stereocenters. The molecule has 1 aromatic rings. The van der Waals surface area contributed by atoms with Crippen molar-refractivity contribution in [1.82, 2.24) is 9.88 Å². The molecule has 2 rings (SSSR count). The lowest BCUT2D eigenvalue weighted by Gasteiger charge is -2.03. The molecule has 2 N–H and O–H groups in total. The van der Waals surface area contributed by atoms with E-state index in [1.54, 1.807) is 0 Å². The van der Waals surface area contributed by atoms with E-state index in [1.165, 1.54) is 0 Å². The minimum absolute atomic E-state index is 0.0568. The monoisotopic (exact) mass is 208 g/mol. The van der Waals surface area contributed by atoms with Crippen LogP contribution in [0.2, 0.25) is 0 Å². The van der Waals surface area contributed by atoms with Crippen LogP contribution >= 0.6 is 0 Å². The van der Waals surface area contributed by atoms with Gasteiger partial charge in [0.15, 0.2) is 0 Å². The molecule has 0 radical (unpaired) electrons. The van der Waals surface area contributed by atoms with Gasteiger partial charge in [0, 0.05) is 31.4 Å². The average Bonchev–Trinajstić information content (AvgIpc) is 2.92. The van der Waals surface area contributed by atoms with E-state index in [0.29, 0.717) is 19.0 Å². The summed E-state index contributed by atoms with van der Waals surface area (Å²) in [6.45, 7) is 0.736. The second-order valence-electron chi connectivity index (χ2n) is 4.01. The van der Waals surface area contributed by atoms with Crippen LogP contribution in [0.5, 0.6) is 0 Å². The van der Waals surface area contributed by atoms with E-state index in [-0.39, 0.29) is 12.5 Å². The summed E-state index contributed by atoms with van der Waals surface area (Å²) in [6, 6.07) is 2.30. The Morgan fingerprint density at radius 2 is 2.40 bits per heavy atom. The number of amides is 1.